The summed E-state index contributed by atoms with van der Waals surface area (Å²) in [6.45, 7) is 1.48. The molecule has 0 aliphatic carbocycles. The molecule has 0 radical (unpaired) electrons. The number of aromatic nitrogens is 6. The summed E-state index contributed by atoms with van der Waals surface area (Å²) >= 11 is 0. The molecule has 172 valence electrons. The van der Waals surface area contributed by atoms with Gasteiger partial charge >= 0.3 is 12.2 Å². The first-order chi connectivity index (χ1) is 15.5. The van der Waals surface area contributed by atoms with Crippen molar-refractivity contribution >= 4 is 20.9 Å². The van der Waals surface area contributed by atoms with Gasteiger partial charge in [0, 0.05) is 36.8 Å². The van der Waals surface area contributed by atoms with Gasteiger partial charge in [-0.15, -0.1) is 0 Å². The Bertz CT molecular complexity index is 1450. The third-order valence-electron chi connectivity index (χ3n) is 4.98. The normalized spacial score (nSPS) is 12.3. The summed E-state index contributed by atoms with van der Waals surface area (Å²) in [7, 11) is -0.814. The van der Waals surface area contributed by atoms with Crippen LogP contribution in [0, 0.1) is 0 Å². The number of hydrogen-bond donors (Lipinski definition) is 0. The van der Waals surface area contributed by atoms with Crippen LogP contribution in [0.15, 0.2) is 41.8 Å². The van der Waals surface area contributed by atoms with Crippen LogP contribution in [0.3, 0.4) is 0 Å². The van der Waals surface area contributed by atoms with E-state index in [9.17, 15) is 21.6 Å². The molecule has 4 aromatic rings. The molecule has 9 nitrogen and oxygen atoms in total. The number of rotatable bonds is 5. The molecule has 4 aromatic heterocycles. The fourth-order valence-corrected chi connectivity index (χ4v) is 4.25. The van der Waals surface area contributed by atoms with Crippen LogP contribution in [0.2, 0.25) is 0 Å². The Morgan fingerprint density at radius 2 is 1.67 bits per heavy atom. The number of halogens is 3. The number of alkyl halides is 3. The van der Waals surface area contributed by atoms with Crippen LogP contribution in [0.25, 0.3) is 33.7 Å². The lowest BCUT2D eigenvalue weighted by Crippen LogP contribution is -2.09. The van der Waals surface area contributed by atoms with Gasteiger partial charge in [0.15, 0.2) is 15.7 Å². The molecule has 4 rings (SSSR count). The highest BCUT2D eigenvalue weighted by atomic mass is 32.2. The summed E-state index contributed by atoms with van der Waals surface area (Å²) in [6.07, 6.45) is 0.761. The fourth-order valence-electron chi connectivity index (χ4n) is 3.19. The first kappa shape index (κ1) is 22.6. The molecule has 0 spiro atoms. The number of ether oxygens (including phenoxy) is 1. The van der Waals surface area contributed by atoms with Crippen LogP contribution in [0.4, 0.5) is 13.2 Å². The minimum Gasteiger partial charge on any atom is -0.467 e. The number of hydrogen-bond acceptors (Lipinski definition) is 8. The molecule has 0 aromatic carbocycles. The highest BCUT2D eigenvalue weighted by Crippen LogP contribution is 2.33. The summed E-state index contributed by atoms with van der Waals surface area (Å²) in [5.74, 6) is -0.121. The van der Waals surface area contributed by atoms with Crippen molar-refractivity contribution in [2.75, 3.05) is 12.9 Å². The average Bonchev–Trinajstić information content (AvgIpc) is 3.14. The lowest BCUT2D eigenvalue weighted by molar-refractivity contribution is -0.141. The molecular formula is C20H17F3N6O3S. The summed E-state index contributed by atoms with van der Waals surface area (Å²) < 4.78 is 71.4. The third kappa shape index (κ3) is 4.11. The molecule has 0 aliphatic rings. The Kier molecular flexibility index (Phi) is 5.52. The quantitative estimate of drug-likeness (QED) is 0.429. The van der Waals surface area contributed by atoms with Crippen LogP contribution in [0.5, 0.6) is 6.01 Å². The molecule has 0 atom stereocenters. The van der Waals surface area contributed by atoms with E-state index in [1.54, 1.807) is 7.05 Å². The standard InChI is InChI=1S/C20H17F3N6O3S/c1-4-33(30,31)15-5-11(12-8-26-19(32-3)27-9-12)7-25-17(15)18-28-13-6-16(20(21,22)23)24-10-14(13)29(18)2/h5-10H,4H2,1-3H3. The Morgan fingerprint density at radius 1 is 1.00 bits per heavy atom. The molecule has 0 amide bonds. The van der Waals surface area contributed by atoms with Crippen LogP contribution in [-0.2, 0) is 23.1 Å². The molecule has 4 heterocycles. The number of methoxy groups -OCH3 is 1. The lowest BCUT2D eigenvalue weighted by atomic mass is 10.1. The second kappa shape index (κ2) is 8.06. The summed E-state index contributed by atoms with van der Waals surface area (Å²) in [4.78, 5) is 19.9. The SMILES string of the molecule is CCS(=O)(=O)c1cc(-c2cnc(OC)nc2)cnc1-c1nc2cc(C(F)(F)F)ncc2n1C. The molecule has 0 N–H and O–H groups in total. The van der Waals surface area contributed by atoms with E-state index in [2.05, 4.69) is 24.9 Å². The predicted molar refractivity (Wildman–Crippen MR) is 112 cm³/mol. The van der Waals surface area contributed by atoms with Crippen LogP contribution >= 0.6 is 0 Å². The Hall–Kier alpha value is -3.61. The molecule has 0 unspecified atom stereocenters. The van der Waals surface area contributed by atoms with E-state index in [1.807, 2.05) is 0 Å². The number of imidazole rings is 1. The molecular weight excluding hydrogens is 461 g/mol. The third-order valence-corrected chi connectivity index (χ3v) is 6.72. The van der Waals surface area contributed by atoms with Crippen molar-refractivity contribution in [1.29, 1.82) is 0 Å². The number of pyridine rings is 2. The van der Waals surface area contributed by atoms with E-state index in [-0.39, 0.29) is 33.7 Å². The highest BCUT2D eigenvalue weighted by molar-refractivity contribution is 7.91. The van der Waals surface area contributed by atoms with Gasteiger partial charge in [-0.3, -0.25) is 4.98 Å². The van der Waals surface area contributed by atoms with Gasteiger partial charge in [0.25, 0.3) is 0 Å². The van der Waals surface area contributed by atoms with Gasteiger partial charge in [-0.1, -0.05) is 6.92 Å². The molecule has 13 heteroatoms. The van der Waals surface area contributed by atoms with Gasteiger partial charge in [-0.05, 0) is 12.1 Å². The second-order valence-electron chi connectivity index (χ2n) is 6.98. The maximum Gasteiger partial charge on any atom is 0.433 e. The van der Waals surface area contributed by atoms with E-state index in [4.69, 9.17) is 4.74 Å². The zero-order valence-electron chi connectivity index (χ0n) is 17.6. The van der Waals surface area contributed by atoms with Crippen LogP contribution in [-0.4, -0.2) is 50.8 Å². The van der Waals surface area contributed by atoms with Gasteiger partial charge in [0.2, 0.25) is 0 Å². The number of fused-ring (bicyclic) bond motifs is 1. The zero-order chi connectivity index (χ0) is 24.0. The van der Waals surface area contributed by atoms with Crippen molar-refractivity contribution in [2.45, 2.75) is 18.0 Å². The minimum absolute atomic E-state index is 0.0160. The van der Waals surface area contributed by atoms with Crippen molar-refractivity contribution in [3.05, 3.63) is 42.6 Å². The van der Waals surface area contributed by atoms with Gasteiger partial charge in [0.1, 0.15) is 11.4 Å². The second-order valence-corrected chi connectivity index (χ2v) is 9.23. The van der Waals surface area contributed by atoms with E-state index < -0.39 is 21.7 Å². The van der Waals surface area contributed by atoms with Crippen LogP contribution < -0.4 is 4.74 Å². The fraction of sp³-hybridized carbons (Fsp3) is 0.250. The van der Waals surface area contributed by atoms with Crippen molar-refractivity contribution in [3.8, 4) is 28.7 Å². The van der Waals surface area contributed by atoms with Crippen molar-refractivity contribution in [3.63, 3.8) is 0 Å². The van der Waals surface area contributed by atoms with E-state index in [0.29, 0.717) is 16.6 Å². The summed E-state index contributed by atoms with van der Waals surface area (Å²) in [6, 6.07) is 2.39. The molecule has 0 fully saturated rings. The van der Waals surface area contributed by atoms with Crippen molar-refractivity contribution in [2.24, 2.45) is 7.05 Å². The number of sulfone groups is 1. The summed E-state index contributed by atoms with van der Waals surface area (Å²) in [5.41, 5.74) is 0.183. The van der Waals surface area contributed by atoms with Gasteiger partial charge in [-0.2, -0.15) is 13.2 Å². The Morgan fingerprint density at radius 3 is 2.27 bits per heavy atom. The smallest absolute Gasteiger partial charge is 0.433 e. The molecule has 33 heavy (non-hydrogen) atoms. The first-order valence-electron chi connectivity index (χ1n) is 9.54. The average molecular weight is 478 g/mol. The minimum atomic E-state index is -4.64. The number of nitrogens with zero attached hydrogens (tertiary/aromatic N) is 6. The summed E-state index contributed by atoms with van der Waals surface area (Å²) in [5, 5.41) is 0. The zero-order valence-corrected chi connectivity index (χ0v) is 18.4. The lowest BCUT2D eigenvalue weighted by Gasteiger charge is -2.11. The Balaban J connectivity index is 1.91. The molecule has 0 saturated carbocycles. The maximum atomic E-state index is 13.1. The number of aryl methyl sites for hydroxylation is 1. The molecule has 0 aliphatic heterocycles. The predicted octanol–water partition coefficient (Wildman–Crippen LogP) is 3.31. The largest absolute Gasteiger partial charge is 0.467 e. The van der Waals surface area contributed by atoms with Gasteiger partial charge < -0.3 is 9.30 Å². The van der Waals surface area contributed by atoms with Crippen molar-refractivity contribution < 1.29 is 26.3 Å². The first-order valence-corrected chi connectivity index (χ1v) is 11.2. The van der Waals surface area contributed by atoms with Gasteiger partial charge in [-0.25, -0.2) is 28.4 Å². The van der Waals surface area contributed by atoms with E-state index >= 15 is 0 Å². The maximum absolute atomic E-state index is 13.1. The highest BCUT2D eigenvalue weighted by Gasteiger charge is 2.33. The van der Waals surface area contributed by atoms with E-state index in [1.165, 1.54) is 43.3 Å². The Labute approximate surface area is 186 Å². The van der Waals surface area contributed by atoms with Crippen molar-refractivity contribution in [1.82, 2.24) is 29.5 Å². The topological polar surface area (TPSA) is 113 Å². The van der Waals surface area contributed by atoms with Crippen LogP contribution in [0.1, 0.15) is 12.6 Å². The van der Waals surface area contributed by atoms with Gasteiger partial charge in [0.05, 0.1) is 35.0 Å². The molecule has 0 saturated heterocycles. The molecule has 0 bridgehead atoms. The van der Waals surface area contributed by atoms with E-state index in [0.717, 1.165) is 12.3 Å². The monoisotopic (exact) mass is 478 g/mol.